The third kappa shape index (κ3) is 2.51. The molecule has 7 heteroatoms. The lowest BCUT2D eigenvalue weighted by molar-refractivity contribution is -0.215. The molecule has 0 amide bonds. The Morgan fingerprint density at radius 2 is 2.11 bits per heavy atom. The summed E-state index contributed by atoms with van der Waals surface area (Å²) in [6.07, 6.45) is -0.526. The van der Waals surface area contributed by atoms with E-state index < -0.39 is 12.3 Å². The first-order valence-electron chi connectivity index (χ1n) is 5.06. The molecule has 0 radical (unpaired) electrons. The van der Waals surface area contributed by atoms with Crippen molar-refractivity contribution in [2.24, 2.45) is 0 Å². The van der Waals surface area contributed by atoms with Crippen LogP contribution >= 0.6 is 0 Å². The van der Waals surface area contributed by atoms with E-state index in [1.807, 2.05) is 0 Å². The van der Waals surface area contributed by atoms with Crippen LogP contribution in [0, 0.1) is 0 Å². The van der Waals surface area contributed by atoms with Crippen LogP contribution in [0.25, 0.3) is 5.82 Å². The summed E-state index contributed by atoms with van der Waals surface area (Å²) < 4.78 is 44.2. The highest BCUT2D eigenvalue weighted by Crippen LogP contribution is 2.35. The number of nitrogens with zero attached hydrogens (tertiary/aromatic N) is 3. The first-order chi connectivity index (χ1) is 8.52. The summed E-state index contributed by atoms with van der Waals surface area (Å²) in [5.74, 6) is 0.358. The average molecular weight is 257 g/mol. The van der Waals surface area contributed by atoms with Gasteiger partial charge in [0.05, 0.1) is 0 Å². The van der Waals surface area contributed by atoms with Crippen molar-refractivity contribution in [2.45, 2.75) is 12.3 Å². The maximum Gasteiger partial charge on any atom is 0.418 e. The number of ether oxygens (including phenoxy) is 1. The predicted molar refractivity (Wildman–Crippen MR) is 57.2 cm³/mol. The van der Waals surface area contributed by atoms with Crippen LogP contribution in [0.1, 0.15) is 11.7 Å². The van der Waals surface area contributed by atoms with E-state index in [2.05, 4.69) is 14.7 Å². The van der Waals surface area contributed by atoms with Gasteiger partial charge in [0, 0.05) is 25.7 Å². The monoisotopic (exact) mass is 257 g/mol. The summed E-state index contributed by atoms with van der Waals surface area (Å²) >= 11 is 0. The molecule has 2 rings (SSSR count). The number of halogens is 3. The van der Waals surface area contributed by atoms with Gasteiger partial charge >= 0.3 is 6.18 Å². The minimum Gasteiger partial charge on any atom is -0.367 e. The maximum atomic E-state index is 12.7. The van der Waals surface area contributed by atoms with E-state index >= 15 is 0 Å². The third-order valence-electron chi connectivity index (χ3n) is 2.37. The Bertz CT molecular complexity index is 511. The van der Waals surface area contributed by atoms with Crippen molar-refractivity contribution >= 4 is 0 Å². The van der Waals surface area contributed by atoms with Gasteiger partial charge in [-0.2, -0.15) is 13.2 Å². The normalized spacial score (nSPS) is 13.6. The minimum absolute atomic E-state index is 0.00343. The van der Waals surface area contributed by atoms with Crippen molar-refractivity contribution < 1.29 is 17.9 Å². The molecule has 0 saturated carbocycles. The highest BCUT2D eigenvalue weighted by molar-refractivity contribution is 5.29. The van der Waals surface area contributed by atoms with Crippen LogP contribution in [0.2, 0.25) is 0 Å². The van der Waals surface area contributed by atoms with Gasteiger partial charge in [-0.3, -0.25) is 4.57 Å². The van der Waals surface area contributed by atoms with Gasteiger partial charge < -0.3 is 4.74 Å². The Kier molecular flexibility index (Phi) is 3.33. The van der Waals surface area contributed by atoms with Gasteiger partial charge in [0.15, 0.2) is 6.10 Å². The van der Waals surface area contributed by atoms with Crippen molar-refractivity contribution in [2.75, 3.05) is 7.11 Å². The van der Waals surface area contributed by atoms with Gasteiger partial charge in [-0.1, -0.05) is 0 Å². The average Bonchev–Trinajstić information content (AvgIpc) is 2.82. The molecule has 0 fully saturated rings. The van der Waals surface area contributed by atoms with Crippen LogP contribution in [0.15, 0.2) is 37.1 Å². The summed E-state index contributed by atoms with van der Waals surface area (Å²) in [5.41, 5.74) is 0.00343. The van der Waals surface area contributed by atoms with Crippen LogP contribution < -0.4 is 0 Å². The van der Waals surface area contributed by atoms with E-state index in [-0.39, 0.29) is 5.56 Å². The number of alkyl halides is 3. The Morgan fingerprint density at radius 1 is 1.33 bits per heavy atom. The number of pyridine rings is 1. The van der Waals surface area contributed by atoms with E-state index in [1.165, 1.54) is 35.4 Å². The zero-order valence-corrected chi connectivity index (χ0v) is 9.43. The standard InChI is InChI=1S/C11H10F3N3O/c1-18-10(11(12,13)14)8-2-3-16-9(6-8)17-5-4-15-7-17/h2-7,10H,1H3. The van der Waals surface area contributed by atoms with Crippen LogP contribution in [-0.2, 0) is 4.74 Å². The topological polar surface area (TPSA) is 39.9 Å². The van der Waals surface area contributed by atoms with Gasteiger partial charge in [-0.05, 0) is 17.7 Å². The summed E-state index contributed by atoms with van der Waals surface area (Å²) in [6, 6.07) is 2.60. The predicted octanol–water partition coefficient (Wildman–Crippen LogP) is 2.52. The fourth-order valence-corrected chi connectivity index (χ4v) is 1.59. The third-order valence-corrected chi connectivity index (χ3v) is 2.37. The molecule has 0 saturated heterocycles. The smallest absolute Gasteiger partial charge is 0.367 e. The van der Waals surface area contributed by atoms with Gasteiger partial charge in [-0.15, -0.1) is 0 Å². The number of hydrogen-bond acceptors (Lipinski definition) is 3. The molecule has 0 aliphatic heterocycles. The Hall–Kier alpha value is -1.89. The van der Waals surface area contributed by atoms with Crippen LogP contribution in [0.5, 0.6) is 0 Å². The molecular weight excluding hydrogens is 247 g/mol. The van der Waals surface area contributed by atoms with Crippen LogP contribution in [-0.4, -0.2) is 27.8 Å². The summed E-state index contributed by atoms with van der Waals surface area (Å²) in [5, 5.41) is 0. The summed E-state index contributed by atoms with van der Waals surface area (Å²) in [6.45, 7) is 0. The maximum absolute atomic E-state index is 12.7. The molecule has 1 atom stereocenters. The van der Waals surface area contributed by atoms with Crippen molar-refractivity contribution in [3.05, 3.63) is 42.6 Å². The fraction of sp³-hybridized carbons (Fsp3) is 0.273. The highest BCUT2D eigenvalue weighted by atomic mass is 19.4. The summed E-state index contributed by atoms with van der Waals surface area (Å²) in [7, 11) is 1.02. The first kappa shape index (κ1) is 12.6. The molecule has 2 aromatic rings. The van der Waals surface area contributed by atoms with E-state index in [9.17, 15) is 13.2 Å². The van der Waals surface area contributed by atoms with Gasteiger partial charge in [0.2, 0.25) is 0 Å². The van der Waals surface area contributed by atoms with E-state index in [1.54, 1.807) is 6.20 Å². The van der Waals surface area contributed by atoms with Gasteiger partial charge in [-0.25, -0.2) is 9.97 Å². The molecule has 1 unspecified atom stereocenters. The molecule has 0 aromatic carbocycles. The number of imidazole rings is 1. The Morgan fingerprint density at radius 3 is 2.67 bits per heavy atom. The van der Waals surface area contributed by atoms with Gasteiger partial charge in [0.25, 0.3) is 0 Å². The first-order valence-corrected chi connectivity index (χ1v) is 5.06. The quantitative estimate of drug-likeness (QED) is 0.848. The Labute approximate surface area is 101 Å². The Balaban J connectivity index is 2.38. The summed E-state index contributed by atoms with van der Waals surface area (Å²) in [4.78, 5) is 7.79. The van der Waals surface area contributed by atoms with Crippen molar-refractivity contribution in [1.82, 2.24) is 14.5 Å². The second-order valence-electron chi connectivity index (χ2n) is 3.57. The number of rotatable bonds is 3. The fourth-order valence-electron chi connectivity index (χ4n) is 1.59. The molecule has 4 nitrogen and oxygen atoms in total. The molecule has 2 heterocycles. The molecular formula is C11H10F3N3O. The zero-order chi connectivity index (χ0) is 13.2. The van der Waals surface area contributed by atoms with Gasteiger partial charge in [0.1, 0.15) is 12.1 Å². The SMILES string of the molecule is COC(c1ccnc(-n2ccnc2)c1)C(F)(F)F. The van der Waals surface area contributed by atoms with Crippen molar-refractivity contribution in [3.63, 3.8) is 0 Å². The second kappa shape index (κ2) is 4.77. The molecule has 0 aliphatic carbocycles. The lowest BCUT2D eigenvalue weighted by Gasteiger charge is -2.19. The molecule has 96 valence electrons. The molecule has 2 aromatic heterocycles. The van der Waals surface area contributed by atoms with Crippen LogP contribution in [0.4, 0.5) is 13.2 Å². The minimum atomic E-state index is -4.46. The number of aromatic nitrogens is 3. The zero-order valence-electron chi connectivity index (χ0n) is 9.43. The van der Waals surface area contributed by atoms with E-state index in [0.29, 0.717) is 5.82 Å². The molecule has 0 N–H and O–H groups in total. The second-order valence-corrected chi connectivity index (χ2v) is 3.57. The molecule has 0 aliphatic rings. The van der Waals surface area contributed by atoms with Crippen molar-refractivity contribution in [1.29, 1.82) is 0 Å². The van der Waals surface area contributed by atoms with Crippen LogP contribution in [0.3, 0.4) is 0 Å². The molecule has 18 heavy (non-hydrogen) atoms. The van der Waals surface area contributed by atoms with E-state index in [0.717, 1.165) is 7.11 Å². The van der Waals surface area contributed by atoms with E-state index in [4.69, 9.17) is 0 Å². The number of methoxy groups -OCH3 is 1. The number of hydrogen-bond donors (Lipinski definition) is 0. The molecule has 0 bridgehead atoms. The highest BCUT2D eigenvalue weighted by Gasteiger charge is 2.41. The lowest BCUT2D eigenvalue weighted by Crippen LogP contribution is -2.22. The largest absolute Gasteiger partial charge is 0.418 e. The van der Waals surface area contributed by atoms with Crippen molar-refractivity contribution in [3.8, 4) is 5.82 Å². The molecule has 0 spiro atoms. The lowest BCUT2D eigenvalue weighted by atomic mass is 10.1.